The van der Waals surface area contributed by atoms with E-state index in [0.29, 0.717) is 12.5 Å². The van der Waals surface area contributed by atoms with Crippen molar-refractivity contribution in [2.45, 2.75) is 25.7 Å². The van der Waals surface area contributed by atoms with Crippen LogP contribution in [0.1, 0.15) is 36.0 Å². The molecule has 86 valence electrons. The fraction of sp³-hybridized carbons (Fsp3) is 0.500. The zero-order chi connectivity index (χ0) is 11.4. The quantitative estimate of drug-likeness (QED) is 0.806. The van der Waals surface area contributed by atoms with Crippen LogP contribution in [-0.2, 0) is 0 Å². The fourth-order valence-corrected chi connectivity index (χ4v) is 2.14. The van der Waals surface area contributed by atoms with Gasteiger partial charge in [0.05, 0.1) is 0 Å². The van der Waals surface area contributed by atoms with Crippen LogP contribution in [-0.4, -0.2) is 17.4 Å². The van der Waals surface area contributed by atoms with Gasteiger partial charge in [-0.1, -0.05) is 12.8 Å². The first-order chi connectivity index (χ1) is 7.77. The largest absolute Gasteiger partial charge is 0.367 e. The summed E-state index contributed by atoms with van der Waals surface area (Å²) >= 11 is 0. The summed E-state index contributed by atoms with van der Waals surface area (Å²) in [7, 11) is 0. The third kappa shape index (κ3) is 2.51. The Labute approximate surface area is 94.1 Å². The molecule has 1 fully saturated rings. The third-order valence-corrected chi connectivity index (χ3v) is 3.09. The van der Waals surface area contributed by atoms with E-state index in [4.69, 9.17) is 0 Å². The number of H-pyrrole nitrogens is 1. The summed E-state index contributed by atoms with van der Waals surface area (Å²) in [4.78, 5) is 25.8. The predicted molar refractivity (Wildman–Crippen MR) is 61.4 cm³/mol. The molecule has 0 saturated heterocycles. The van der Waals surface area contributed by atoms with Gasteiger partial charge in [-0.2, -0.15) is 0 Å². The second kappa shape index (κ2) is 4.96. The summed E-state index contributed by atoms with van der Waals surface area (Å²) in [5, 5.41) is 2.82. The molecular weight excluding hydrogens is 204 g/mol. The van der Waals surface area contributed by atoms with Crippen LogP contribution in [0.3, 0.4) is 0 Å². The van der Waals surface area contributed by atoms with E-state index < -0.39 is 0 Å². The lowest BCUT2D eigenvalue weighted by molar-refractivity contribution is 0.0946. The molecule has 1 aliphatic rings. The molecule has 0 atom stereocenters. The van der Waals surface area contributed by atoms with Gasteiger partial charge in [-0.25, -0.2) is 0 Å². The van der Waals surface area contributed by atoms with Gasteiger partial charge in [0.25, 0.3) is 5.91 Å². The van der Waals surface area contributed by atoms with Crippen LogP contribution in [0.2, 0.25) is 0 Å². The van der Waals surface area contributed by atoms with E-state index >= 15 is 0 Å². The first-order valence-corrected chi connectivity index (χ1v) is 5.72. The van der Waals surface area contributed by atoms with Gasteiger partial charge in [-0.3, -0.25) is 9.59 Å². The zero-order valence-corrected chi connectivity index (χ0v) is 9.16. The van der Waals surface area contributed by atoms with Gasteiger partial charge in [0.2, 0.25) is 0 Å². The van der Waals surface area contributed by atoms with Crippen molar-refractivity contribution in [1.82, 2.24) is 10.3 Å². The molecule has 0 aromatic carbocycles. The number of hydrogen-bond donors (Lipinski definition) is 2. The number of hydrogen-bond acceptors (Lipinski definition) is 2. The average Bonchev–Trinajstić information content (AvgIpc) is 2.79. The van der Waals surface area contributed by atoms with Crippen LogP contribution in [0.5, 0.6) is 0 Å². The van der Waals surface area contributed by atoms with Gasteiger partial charge in [-0.05, 0) is 18.8 Å². The standard InChI is InChI=1S/C12H16N2O2/c15-11-5-6-13-8-10(11)12(16)14-7-9-3-1-2-4-9/h5-6,8-9H,1-4,7H2,(H,13,15)(H,14,16). The van der Waals surface area contributed by atoms with Crippen molar-refractivity contribution in [2.24, 2.45) is 5.92 Å². The first-order valence-electron chi connectivity index (χ1n) is 5.72. The highest BCUT2D eigenvalue weighted by molar-refractivity contribution is 5.93. The normalized spacial score (nSPS) is 16.2. The molecule has 0 unspecified atom stereocenters. The molecule has 4 heteroatoms. The molecule has 1 aromatic rings. The molecule has 0 radical (unpaired) electrons. The second-order valence-electron chi connectivity index (χ2n) is 4.28. The van der Waals surface area contributed by atoms with E-state index in [0.717, 1.165) is 0 Å². The summed E-state index contributed by atoms with van der Waals surface area (Å²) < 4.78 is 0. The summed E-state index contributed by atoms with van der Waals surface area (Å²) in [6, 6.07) is 1.37. The van der Waals surface area contributed by atoms with Gasteiger partial charge in [0.1, 0.15) is 5.56 Å². The number of amides is 1. The summed E-state index contributed by atoms with van der Waals surface area (Å²) in [5.41, 5.74) is -0.0387. The number of carbonyl (C=O) groups is 1. The monoisotopic (exact) mass is 220 g/mol. The number of nitrogens with one attached hydrogen (secondary N) is 2. The smallest absolute Gasteiger partial charge is 0.256 e. The highest BCUT2D eigenvalue weighted by atomic mass is 16.2. The van der Waals surface area contributed by atoms with Gasteiger partial charge in [0.15, 0.2) is 5.43 Å². The predicted octanol–water partition coefficient (Wildman–Crippen LogP) is 1.29. The number of rotatable bonds is 3. The minimum absolute atomic E-state index is 0.195. The van der Waals surface area contributed by atoms with E-state index in [2.05, 4.69) is 10.3 Å². The van der Waals surface area contributed by atoms with E-state index in [1.807, 2.05) is 0 Å². The molecule has 1 saturated carbocycles. The number of carbonyl (C=O) groups excluding carboxylic acids is 1. The maximum atomic E-state index is 11.7. The molecule has 4 nitrogen and oxygen atoms in total. The van der Waals surface area contributed by atoms with Gasteiger partial charge in [-0.15, -0.1) is 0 Å². The summed E-state index contributed by atoms with van der Waals surface area (Å²) in [5.74, 6) is 0.320. The van der Waals surface area contributed by atoms with Gasteiger partial charge < -0.3 is 10.3 Å². The fourth-order valence-electron chi connectivity index (χ4n) is 2.14. The van der Waals surface area contributed by atoms with Crippen molar-refractivity contribution in [1.29, 1.82) is 0 Å². The summed E-state index contributed by atoms with van der Waals surface area (Å²) in [6.45, 7) is 0.688. The van der Waals surface area contributed by atoms with E-state index in [-0.39, 0.29) is 16.9 Å². The van der Waals surface area contributed by atoms with Crippen LogP contribution in [0.25, 0.3) is 0 Å². The Morgan fingerprint density at radius 2 is 2.19 bits per heavy atom. The van der Waals surface area contributed by atoms with Crippen molar-refractivity contribution in [3.05, 3.63) is 34.2 Å². The molecule has 1 aromatic heterocycles. The van der Waals surface area contributed by atoms with Crippen molar-refractivity contribution in [3.8, 4) is 0 Å². The molecule has 16 heavy (non-hydrogen) atoms. The van der Waals surface area contributed by atoms with Crippen LogP contribution in [0.15, 0.2) is 23.3 Å². The summed E-state index contributed by atoms with van der Waals surface area (Å²) in [6.07, 6.45) is 7.86. The van der Waals surface area contributed by atoms with E-state index in [9.17, 15) is 9.59 Å². The molecule has 0 aliphatic heterocycles. The maximum absolute atomic E-state index is 11.7. The average molecular weight is 220 g/mol. The minimum atomic E-state index is -0.270. The molecule has 1 amide bonds. The molecule has 1 heterocycles. The lowest BCUT2D eigenvalue weighted by Gasteiger charge is -2.09. The van der Waals surface area contributed by atoms with Gasteiger partial charge >= 0.3 is 0 Å². The number of pyridine rings is 1. The molecule has 2 rings (SSSR count). The molecular formula is C12H16N2O2. The number of aromatic nitrogens is 1. The van der Waals surface area contributed by atoms with Gasteiger partial charge in [0, 0.05) is 25.0 Å². The van der Waals surface area contributed by atoms with Crippen LogP contribution in [0.4, 0.5) is 0 Å². The van der Waals surface area contributed by atoms with E-state index in [1.165, 1.54) is 44.1 Å². The topological polar surface area (TPSA) is 62.0 Å². The second-order valence-corrected chi connectivity index (χ2v) is 4.28. The molecule has 0 spiro atoms. The Morgan fingerprint density at radius 3 is 2.88 bits per heavy atom. The highest BCUT2D eigenvalue weighted by Gasteiger charge is 2.16. The Bertz CT molecular complexity index is 419. The van der Waals surface area contributed by atoms with Crippen molar-refractivity contribution < 1.29 is 4.79 Å². The lowest BCUT2D eigenvalue weighted by atomic mass is 10.1. The Hall–Kier alpha value is -1.58. The van der Waals surface area contributed by atoms with Crippen molar-refractivity contribution in [3.63, 3.8) is 0 Å². The highest BCUT2D eigenvalue weighted by Crippen LogP contribution is 2.23. The third-order valence-electron chi connectivity index (χ3n) is 3.09. The molecule has 0 bridgehead atoms. The molecule has 2 N–H and O–H groups in total. The minimum Gasteiger partial charge on any atom is -0.367 e. The Kier molecular flexibility index (Phi) is 3.39. The van der Waals surface area contributed by atoms with Crippen LogP contribution >= 0.6 is 0 Å². The first kappa shape index (κ1) is 10.9. The van der Waals surface area contributed by atoms with Crippen molar-refractivity contribution in [2.75, 3.05) is 6.54 Å². The van der Waals surface area contributed by atoms with E-state index in [1.54, 1.807) is 0 Å². The zero-order valence-electron chi connectivity index (χ0n) is 9.16. The van der Waals surface area contributed by atoms with Crippen LogP contribution < -0.4 is 10.7 Å². The lowest BCUT2D eigenvalue weighted by Crippen LogP contribution is -2.31. The SMILES string of the molecule is O=C(NCC1CCCC1)c1c[nH]ccc1=O. The van der Waals surface area contributed by atoms with Crippen molar-refractivity contribution >= 4 is 5.91 Å². The Balaban J connectivity index is 1.93. The Morgan fingerprint density at radius 1 is 1.44 bits per heavy atom. The molecule has 1 aliphatic carbocycles. The van der Waals surface area contributed by atoms with Crippen LogP contribution in [0, 0.1) is 5.92 Å². The maximum Gasteiger partial charge on any atom is 0.256 e. The number of aromatic amines is 1.